The van der Waals surface area contributed by atoms with Crippen LogP contribution in [0.2, 0.25) is 0 Å². The summed E-state index contributed by atoms with van der Waals surface area (Å²) in [6.45, 7) is 0. The van der Waals surface area contributed by atoms with Crippen molar-refractivity contribution in [2.45, 2.75) is 4.43 Å². The molecule has 3 heteroatoms. The lowest BCUT2D eigenvalue weighted by atomic mass is 10.2. The van der Waals surface area contributed by atoms with Gasteiger partial charge in [-0.1, -0.05) is 28.7 Å². The van der Waals surface area contributed by atoms with Crippen molar-refractivity contribution in [3.8, 4) is 0 Å². The lowest BCUT2D eigenvalue weighted by Crippen LogP contribution is -1.82. The minimum Gasteiger partial charge on any atom is -0.0812 e. The van der Waals surface area contributed by atoms with Gasteiger partial charge in [-0.25, -0.2) is 0 Å². The molecule has 1 aromatic carbocycles. The molecule has 1 aromatic rings. The van der Waals surface area contributed by atoms with Gasteiger partial charge in [-0.3, -0.25) is 0 Å². The van der Waals surface area contributed by atoms with Crippen LogP contribution in [0.15, 0.2) is 18.2 Å². The molecule has 0 aliphatic carbocycles. The van der Waals surface area contributed by atoms with Gasteiger partial charge < -0.3 is 0 Å². The third kappa shape index (κ3) is 2.47. The van der Waals surface area contributed by atoms with Gasteiger partial charge in [-0.2, -0.15) is 0 Å². The molecule has 0 saturated heterocycles. The fourth-order valence-corrected chi connectivity index (χ4v) is 2.01. The third-order valence-corrected chi connectivity index (χ3v) is 4.88. The Labute approximate surface area is 102 Å². The molecule has 0 amide bonds. The van der Waals surface area contributed by atoms with Crippen LogP contribution in [-0.4, -0.2) is 0 Å². The zero-order valence-electron chi connectivity index (χ0n) is 5.07. The second-order valence-corrected chi connectivity index (χ2v) is 4.97. The van der Waals surface area contributed by atoms with Crippen LogP contribution in [0.4, 0.5) is 0 Å². The Hall–Kier alpha value is 1.41. The number of benzene rings is 1. The van der Waals surface area contributed by atoms with Crippen LogP contribution < -0.4 is 0 Å². The molecule has 0 aliphatic heterocycles. The standard InChI is InChI=1S/C7H5I3/c8-4-5-1-2-6(9)7(10)3-5/h1-3H,4H2. The second-order valence-electron chi connectivity index (χ2n) is 1.88. The van der Waals surface area contributed by atoms with E-state index in [0.29, 0.717) is 0 Å². The first kappa shape index (κ1) is 9.50. The molecular weight excluding hydrogens is 465 g/mol. The van der Waals surface area contributed by atoms with Gasteiger partial charge in [-0.15, -0.1) is 0 Å². The zero-order chi connectivity index (χ0) is 7.56. The van der Waals surface area contributed by atoms with Gasteiger partial charge >= 0.3 is 0 Å². The van der Waals surface area contributed by atoms with Crippen molar-refractivity contribution in [3.63, 3.8) is 0 Å². The van der Waals surface area contributed by atoms with E-state index < -0.39 is 0 Å². The number of hydrogen-bond acceptors (Lipinski definition) is 0. The number of rotatable bonds is 1. The normalized spacial score (nSPS) is 9.90. The van der Waals surface area contributed by atoms with Gasteiger partial charge in [0, 0.05) is 11.6 Å². The summed E-state index contributed by atoms with van der Waals surface area (Å²) < 4.78 is 3.80. The van der Waals surface area contributed by atoms with Crippen LogP contribution in [0.5, 0.6) is 0 Å². The Morgan fingerprint density at radius 3 is 2.30 bits per heavy atom. The first-order valence-corrected chi connectivity index (χ1v) is 6.42. The highest BCUT2D eigenvalue weighted by Gasteiger charge is 1.95. The minimum absolute atomic E-state index is 1.10. The molecule has 0 spiro atoms. The van der Waals surface area contributed by atoms with E-state index in [-0.39, 0.29) is 0 Å². The van der Waals surface area contributed by atoms with E-state index in [4.69, 9.17) is 0 Å². The highest BCUT2D eigenvalue weighted by atomic mass is 127. The Bertz CT molecular complexity index is 232. The van der Waals surface area contributed by atoms with Crippen LogP contribution in [0.25, 0.3) is 0 Å². The highest BCUT2D eigenvalue weighted by molar-refractivity contribution is 14.1. The van der Waals surface area contributed by atoms with Crippen LogP contribution in [0.3, 0.4) is 0 Å². The molecule has 0 nitrogen and oxygen atoms in total. The van der Waals surface area contributed by atoms with E-state index in [1.165, 1.54) is 12.7 Å². The lowest BCUT2D eigenvalue weighted by molar-refractivity contribution is 1.41. The molecule has 0 radical (unpaired) electrons. The smallest absolute Gasteiger partial charge is 0.0266 e. The molecule has 0 aliphatic rings. The SMILES string of the molecule is ICc1ccc(I)c(I)c1. The molecule has 0 aromatic heterocycles. The Kier molecular flexibility index (Phi) is 4.22. The number of hydrogen-bond donors (Lipinski definition) is 0. The first-order chi connectivity index (χ1) is 4.74. The largest absolute Gasteiger partial charge is 0.0812 e. The Morgan fingerprint density at radius 2 is 1.80 bits per heavy atom. The van der Waals surface area contributed by atoms with E-state index in [0.717, 1.165) is 4.43 Å². The number of halogens is 3. The van der Waals surface area contributed by atoms with Crippen molar-refractivity contribution >= 4 is 67.8 Å². The molecule has 1 rings (SSSR count). The predicted molar refractivity (Wildman–Crippen MR) is 69.6 cm³/mol. The van der Waals surface area contributed by atoms with E-state index >= 15 is 0 Å². The quantitative estimate of drug-likeness (QED) is 0.433. The van der Waals surface area contributed by atoms with Gasteiger partial charge in [0.05, 0.1) is 0 Å². The fourth-order valence-electron chi connectivity index (χ4n) is 0.623. The van der Waals surface area contributed by atoms with Crippen molar-refractivity contribution in [2.24, 2.45) is 0 Å². The van der Waals surface area contributed by atoms with Gasteiger partial charge in [0.2, 0.25) is 0 Å². The molecule has 0 N–H and O–H groups in total. The van der Waals surface area contributed by atoms with E-state index in [9.17, 15) is 0 Å². The summed E-state index contributed by atoms with van der Waals surface area (Å²) in [6, 6.07) is 6.57. The van der Waals surface area contributed by atoms with Crippen LogP contribution in [0, 0.1) is 7.14 Å². The van der Waals surface area contributed by atoms with E-state index in [2.05, 4.69) is 86.0 Å². The van der Waals surface area contributed by atoms with Crippen molar-refractivity contribution in [3.05, 3.63) is 30.9 Å². The molecule has 10 heavy (non-hydrogen) atoms. The third-order valence-electron chi connectivity index (χ3n) is 1.14. The fraction of sp³-hybridized carbons (Fsp3) is 0.143. The van der Waals surface area contributed by atoms with Gasteiger partial charge in [-0.05, 0) is 62.9 Å². The molecule has 0 fully saturated rings. The molecular formula is C7H5I3. The van der Waals surface area contributed by atoms with E-state index in [1.807, 2.05) is 0 Å². The summed E-state index contributed by atoms with van der Waals surface area (Å²) >= 11 is 7.09. The molecule has 0 unspecified atom stereocenters. The highest BCUT2D eigenvalue weighted by Crippen LogP contribution is 2.17. The maximum Gasteiger partial charge on any atom is 0.0266 e. The molecule has 0 heterocycles. The topological polar surface area (TPSA) is 0 Å². The average Bonchev–Trinajstić information content (AvgIpc) is 1.95. The summed E-state index contributed by atoms with van der Waals surface area (Å²) in [5.41, 5.74) is 1.41. The van der Waals surface area contributed by atoms with Crippen molar-refractivity contribution in [1.82, 2.24) is 0 Å². The average molecular weight is 470 g/mol. The molecule has 54 valence electrons. The zero-order valence-corrected chi connectivity index (χ0v) is 11.5. The van der Waals surface area contributed by atoms with Crippen LogP contribution >= 0.6 is 67.8 Å². The Morgan fingerprint density at radius 1 is 1.10 bits per heavy atom. The summed E-state index contributed by atoms with van der Waals surface area (Å²) in [6.07, 6.45) is 0. The van der Waals surface area contributed by atoms with Crippen LogP contribution in [0.1, 0.15) is 5.56 Å². The van der Waals surface area contributed by atoms with Gasteiger partial charge in [0.1, 0.15) is 0 Å². The predicted octanol–water partition coefficient (Wildman–Crippen LogP) is 3.83. The maximum atomic E-state index is 2.38. The Balaban J connectivity index is 3.04. The summed E-state index contributed by atoms with van der Waals surface area (Å²) in [7, 11) is 0. The molecule has 0 saturated carbocycles. The minimum atomic E-state index is 1.10. The molecule has 0 atom stereocenters. The maximum absolute atomic E-state index is 2.38. The first-order valence-electron chi connectivity index (χ1n) is 2.74. The van der Waals surface area contributed by atoms with Crippen molar-refractivity contribution in [1.29, 1.82) is 0 Å². The van der Waals surface area contributed by atoms with Crippen molar-refractivity contribution < 1.29 is 0 Å². The monoisotopic (exact) mass is 470 g/mol. The second kappa shape index (κ2) is 4.44. The van der Waals surface area contributed by atoms with Gasteiger partial charge in [0.25, 0.3) is 0 Å². The number of alkyl halides is 1. The van der Waals surface area contributed by atoms with Crippen molar-refractivity contribution in [2.75, 3.05) is 0 Å². The summed E-state index contributed by atoms with van der Waals surface area (Å²) in [5.74, 6) is 0. The van der Waals surface area contributed by atoms with E-state index in [1.54, 1.807) is 0 Å². The summed E-state index contributed by atoms with van der Waals surface area (Å²) in [5, 5.41) is 0. The molecule has 0 bridgehead atoms. The van der Waals surface area contributed by atoms with Crippen LogP contribution in [-0.2, 0) is 4.43 Å². The van der Waals surface area contributed by atoms with Gasteiger partial charge in [0.15, 0.2) is 0 Å². The lowest BCUT2D eigenvalue weighted by Gasteiger charge is -1.97. The summed E-state index contributed by atoms with van der Waals surface area (Å²) in [4.78, 5) is 0.